The van der Waals surface area contributed by atoms with Crippen molar-refractivity contribution in [2.24, 2.45) is 5.16 Å². The summed E-state index contributed by atoms with van der Waals surface area (Å²) >= 11 is 4.41. The summed E-state index contributed by atoms with van der Waals surface area (Å²) in [6.45, 7) is 2.50. The molecule has 1 unspecified atom stereocenters. The third-order valence-electron chi connectivity index (χ3n) is 4.56. The number of nitrogens with zero attached hydrogens (tertiary/aromatic N) is 3. The zero-order chi connectivity index (χ0) is 23.8. The van der Waals surface area contributed by atoms with Crippen molar-refractivity contribution >= 4 is 80.3 Å². The van der Waals surface area contributed by atoms with Crippen molar-refractivity contribution in [3.8, 4) is 0 Å². The van der Waals surface area contributed by atoms with Crippen molar-refractivity contribution in [3.63, 3.8) is 0 Å². The molecule has 1 aromatic heterocycles. The van der Waals surface area contributed by atoms with E-state index in [1.54, 1.807) is 0 Å². The number of nitrogens with two attached hydrogens (primary N) is 1. The molecule has 15 heteroatoms. The molecule has 2 aliphatic heterocycles. The zero-order valence-corrected chi connectivity index (χ0v) is 20.5. The first kappa shape index (κ1) is 24.2. The Hall–Kier alpha value is -2.40. The number of nitrogens with one attached hydrogen (secondary N) is 1. The van der Waals surface area contributed by atoms with Gasteiger partial charge in [0.05, 0.1) is 0 Å². The number of aliphatic carboxylic acids is 2. The first-order chi connectivity index (χ1) is 15.0. The SMILES string of the molecule is CC(C)(O/N=C(\C(=O)NC1C(=O)N2C(C(=O)O)=C(CI)CS[C@H]12)c1csc(N)n1)C(=O)O. The van der Waals surface area contributed by atoms with Crippen LogP contribution in [0.25, 0.3) is 0 Å². The van der Waals surface area contributed by atoms with Crippen LogP contribution in [0.1, 0.15) is 19.5 Å². The highest BCUT2D eigenvalue weighted by atomic mass is 127. The van der Waals surface area contributed by atoms with E-state index in [0.29, 0.717) is 15.8 Å². The van der Waals surface area contributed by atoms with Crippen LogP contribution in [0.5, 0.6) is 0 Å². The second kappa shape index (κ2) is 9.22. The van der Waals surface area contributed by atoms with Crippen molar-refractivity contribution < 1.29 is 34.2 Å². The number of alkyl halides is 1. The summed E-state index contributed by atoms with van der Waals surface area (Å²) in [6.07, 6.45) is 0. The first-order valence-electron chi connectivity index (χ1n) is 8.95. The molecular weight excluding hydrogens is 577 g/mol. The largest absolute Gasteiger partial charge is 0.478 e. The van der Waals surface area contributed by atoms with Crippen LogP contribution in [0.4, 0.5) is 5.13 Å². The number of anilines is 1. The number of hydrogen-bond acceptors (Lipinski definition) is 10. The van der Waals surface area contributed by atoms with E-state index in [1.165, 1.54) is 31.0 Å². The number of carboxylic acid groups (broad SMARTS) is 2. The number of carbonyl (C=O) groups is 4. The molecule has 2 aliphatic rings. The lowest BCUT2D eigenvalue weighted by atomic mass is 10.0. The van der Waals surface area contributed by atoms with E-state index in [2.05, 4.69) is 15.5 Å². The first-order valence-corrected chi connectivity index (χ1v) is 12.4. The average Bonchev–Trinajstić information content (AvgIpc) is 3.16. The highest BCUT2D eigenvalue weighted by Crippen LogP contribution is 2.40. The molecule has 1 aromatic rings. The predicted octanol–water partition coefficient (Wildman–Crippen LogP) is 0.483. The maximum Gasteiger partial charge on any atom is 0.352 e. The molecule has 2 amide bonds. The number of carboxylic acids is 2. The molecule has 0 spiro atoms. The van der Waals surface area contributed by atoms with Gasteiger partial charge in [-0.05, 0) is 19.4 Å². The molecule has 1 fully saturated rings. The fourth-order valence-corrected chi connectivity index (χ4v) is 5.69. The van der Waals surface area contributed by atoms with Crippen molar-refractivity contribution in [1.29, 1.82) is 0 Å². The predicted molar refractivity (Wildman–Crippen MR) is 124 cm³/mol. The number of β-lactam (4-membered cyclic amide) rings is 1. The van der Waals surface area contributed by atoms with Gasteiger partial charge in [0.2, 0.25) is 5.60 Å². The van der Waals surface area contributed by atoms with Crippen molar-refractivity contribution in [1.82, 2.24) is 15.2 Å². The molecule has 0 saturated carbocycles. The Morgan fingerprint density at radius 2 is 2.12 bits per heavy atom. The molecule has 1 saturated heterocycles. The number of amides is 2. The van der Waals surface area contributed by atoms with Crippen molar-refractivity contribution in [3.05, 3.63) is 22.3 Å². The summed E-state index contributed by atoms with van der Waals surface area (Å²) in [5, 5.41) is 25.9. The van der Waals surface area contributed by atoms with E-state index in [1.807, 2.05) is 22.6 Å². The topological polar surface area (TPSA) is 185 Å². The smallest absolute Gasteiger partial charge is 0.352 e. The van der Waals surface area contributed by atoms with Crippen LogP contribution in [0, 0.1) is 0 Å². The monoisotopic (exact) mass is 595 g/mol. The maximum atomic E-state index is 12.9. The van der Waals surface area contributed by atoms with E-state index in [9.17, 15) is 29.4 Å². The van der Waals surface area contributed by atoms with Gasteiger partial charge in [-0.25, -0.2) is 14.6 Å². The summed E-state index contributed by atoms with van der Waals surface area (Å²) in [4.78, 5) is 58.8. The third-order valence-corrected chi connectivity index (χ3v) is 7.49. The van der Waals surface area contributed by atoms with Crippen molar-refractivity contribution in [2.45, 2.75) is 30.9 Å². The van der Waals surface area contributed by atoms with E-state index in [4.69, 9.17) is 10.6 Å². The number of hydrogen-bond donors (Lipinski definition) is 4. The van der Waals surface area contributed by atoms with Crippen LogP contribution < -0.4 is 11.1 Å². The number of nitrogen functional groups attached to an aromatic ring is 1. The standard InChI is InChI=1S/C17H18IN5O7S2/c1-17(2,15(28)29)30-22-8(7-5-32-16(19)20-7)11(24)21-9-12(25)23-10(14(26)27)6(3-18)4-31-13(9)23/h5,9,13H,3-4H2,1-2H3,(H2,19,20)(H,21,24)(H,26,27)(H,28,29)/b22-8-/t9?,13-/m1/s1. The summed E-state index contributed by atoms with van der Waals surface area (Å²) in [5.41, 5.74) is 4.14. The lowest BCUT2D eigenvalue weighted by Crippen LogP contribution is -2.71. The Morgan fingerprint density at radius 1 is 1.44 bits per heavy atom. The maximum absolute atomic E-state index is 12.9. The highest BCUT2D eigenvalue weighted by Gasteiger charge is 2.54. The average molecular weight is 595 g/mol. The van der Waals surface area contributed by atoms with E-state index >= 15 is 0 Å². The van der Waals surface area contributed by atoms with Gasteiger partial charge in [0.1, 0.15) is 22.8 Å². The Labute approximate surface area is 203 Å². The number of aromatic nitrogens is 1. The second-order valence-electron chi connectivity index (χ2n) is 7.17. The molecule has 172 valence electrons. The Kier molecular flexibility index (Phi) is 6.99. The molecule has 0 bridgehead atoms. The molecule has 0 radical (unpaired) electrons. The minimum Gasteiger partial charge on any atom is -0.478 e. The molecule has 32 heavy (non-hydrogen) atoms. The molecule has 0 aromatic carbocycles. The summed E-state index contributed by atoms with van der Waals surface area (Å²) in [6, 6.07) is -0.994. The Morgan fingerprint density at radius 3 is 2.66 bits per heavy atom. The molecule has 0 aliphatic carbocycles. The second-order valence-corrected chi connectivity index (χ2v) is 9.93. The molecule has 2 atom stereocenters. The van der Waals surface area contributed by atoms with Crippen molar-refractivity contribution in [2.75, 3.05) is 15.9 Å². The Balaban J connectivity index is 1.83. The summed E-state index contributed by atoms with van der Waals surface area (Å²) < 4.78 is 0.457. The third kappa shape index (κ3) is 4.54. The number of thiazole rings is 1. The van der Waals surface area contributed by atoms with Crippen LogP contribution in [-0.4, -0.2) is 76.8 Å². The molecule has 3 rings (SSSR count). The minimum atomic E-state index is -1.73. The Bertz CT molecular complexity index is 1050. The number of thioether (sulfide) groups is 1. The van der Waals surface area contributed by atoms with E-state index < -0.39 is 40.8 Å². The van der Waals surface area contributed by atoms with Crippen LogP contribution in [0.15, 0.2) is 21.8 Å². The normalized spacial score (nSPS) is 21.0. The van der Waals surface area contributed by atoms with Crippen LogP contribution in [0.3, 0.4) is 0 Å². The van der Waals surface area contributed by atoms with Gasteiger partial charge >= 0.3 is 11.9 Å². The highest BCUT2D eigenvalue weighted by molar-refractivity contribution is 14.1. The van der Waals surface area contributed by atoms with Gasteiger partial charge in [0.25, 0.3) is 11.8 Å². The lowest BCUT2D eigenvalue weighted by molar-refractivity contribution is -0.161. The fraction of sp³-hybridized carbons (Fsp3) is 0.412. The number of rotatable bonds is 8. The van der Waals surface area contributed by atoms with Gasteiger partial charge in [-0.1, -0.05) is 27.7 Å². The van der Waals surface area contributed by atoms with Gasteiger partial charge < -0.3 is 26.1 Å². The molecule has 12 nitrogen and oxygen atoms in total. The summed E-state index contributed by atoms with van der Waals surface area (Å²) in [5.74, 6) is -3.51. The van der Waals surface area contributed by atoms with Crippen LogP contribution in [0.2, 0.25) is 0 Å². The fourth-order valence-electron chi connectivity index (χ4n) is 2.80. The summed E-state index contributed by atoms with van der Waals surface area (Å²) in [7, 11) is 0. The number of halogens is 1. The van der Waals surface area contributed by atoms with Crippen LogP contribution in [-0.2, 0) is 24.0 Å². The van der Waals surface area contributed by atoms with Gasteiger partial charge in [-0.15, -0.1) is 23.1 Å². The van der Waals surface area contributed by atoms with E-state index in [-0.39, 0.29) is 22.2 Å². The van der Waals surface area contributed by atoms with Gasteiger partial charge in [0.15, 0.2) is 10.8 Å². The quantitative estimate of drug-likeness (QED) is 0.108. The molecule has 5 N–H and O–H groups in total. The molecule has 3 heterocycles. The minimum absolute atomic E-state index is 0.0458. The van der Waals surface area contributed by atoms with Gasteiger partial charge in [0, 0.05) is 15.6 Å². The molecular formula is C17H18IN5O7S2. The van der Waals surface area contributed by atoms with Gasteiger partial charge in [-0.2, -0.15) is 0 Å². The number of carbonyl (C=O) groups excluding carboxylic acids is 2. The van der Waals surface area contributed by atoms with Crippen LogP contribution >= 0.6 is 45.7 Å². The lowest BCUT2D eigenvalue weighted by Gasteiger charge is -2.49. The number of oxime groups is 1. The number of fused-ring (bicyclic) bond motifs is 1. The zero-order valence-electron chi connectivity index (χ0n) is 16.7. The van der Waals surface area contributed by atoms with E-state index in [0.717, 1.165) is 16.2 Å². The van der Waals surface area contributed by atoms with Gasteiger partial charge in [-0.3, -0.25) is 14.5 Å².